The molecule has 76 valence electrons. The van der Waals surface area contributed by atoms with Crippen molar-refractivity contribution in [1.29, 1.82) is 0 Å². The van der Waals surface area contributed by atoms with Crippen LogP contribution >= 0.6 is 24.0 Å². The van der Waals surface area contributed by atoms with Crippen LogP contribution < -0.4 is 5.73 Å². The number of aliphatic imine (C=N–C) groups is 1. The third-order valence-electron chi connectivity index (χ3n) is 1.42. The van der Waals surface area contributed by atoms with Gasteiger partial charge in [0.25, 0.3) is 0 Å². The Bertz CT molecular complexity index is 324. The molecule has 0 aromatic heterocycles. The molecule has 2 N–H and O–H groups in total. The van der Waals surface area contributed by atoms with E-state index < -0.39 is 0 Å². The van der Waals surface area contributed by atoms with E-state index in [-0.39, 0.29) is 12.4 Å². The van der Waals surface area contributed by atoms with Gasteiger partial charge < -0.3 is 5.73 Å². The van der Waals surface area contributed by atoms with Crippen molar-refractivity contribution in [2.75, 3.05) is 0 Å². The summed E-state index contributed by atoms with van der Waals surface area (Å²) in [5.41, 5.74) is 6.41. The fourth-order valence-corrected chi connectivity index (χ4v) is 0.941. The van der Waals surface area contributed by atoms with Crippen molar-refractivity contribution in [2.45, 2.75) is 6.92 Å². The Labute approximate surface area is 94.9 Å². The van der Waals surface area contributed by atoms with Gasteiger partial charge >= 0.3 is 0 Å². The lowest BCUT2D eigenvalue weighted by molar-refractivity contribution is 1.48. The lowest BCUT2D eigenvalue weighted by Crippen LogP contribution is -2.03. The summed E-state index contributed by atoms with van der Waals surface area (Å²) in [6, 6.07) is 7.50. The fraction of sp³-hybridized carbons (Fsp3) is 0.100. The van der Waals surface area contributed by atoms with Gasteiger partial charge in [0.05, 0.1) is 5.84 Å². The highest BCUT2D eigenvalue weighted by atomic mass is 35.5. The summed E-state index contributed by atoms with van der Waals surface area (Å²) >= 11 is 5.72. The van der Waals surface area contributed by atoms with Gasteiger partial charge in [-0.3, -0.25) is 0 Å². The zero-order valence-corrected chi connectivity index (χ0v) is 9.35. The number of hydrogen-bond donors (Lipinski definition) is 1. The molecule has 0 bridgehead atoms. The maximum atomic E-state index is 5.72. The first kappa shape index (κ1) is 13.0. The van der Waals surface area contributed by atoms with E-state index in [1.807, 2.05) is 30.3 Å². The highest BCUT2D eigenvalue weighted by Gasteiger charge is 1.86. The van der Waals surface area contributed by atoms with Crippen LogP contribution in [0.3, 0.4) is 0 Å². The van der Waals surface area contributed by atoms with Crippen molar-refractivity contribution in [3.8, 4) is 0 Å². The van der Waals surface area contributed by atoms with Crippen LogP contribution in [0.15, 0.2) is 35.5 Å². The summed E-state index contributed by atoms with van der Waals surface area (Å²) in [6.07, 6.45) is 3.53. The van der Waals surface area contributed by atoms with Crippen molar-refractivity contribution >= 4 is 35.9 Å². The Hall–Kier alpha value is -0.990. The van der Waals surface area contributed by atoms with E-state index in [0.29, 0.717) is 5.84 Å². The number of benzene rings is 1. The predicted octanol–water partition coefficient (Wildman–Crippen LogP) is 3.11. The molecule has 0 heterocycles. The van der Waals surface area contributed by atoms with Crippen LogP contribution in [0.5, 0.6) is 0 Å². The normalized spacial score (nSPS) is 11.4. The van der Waals surface area contributed by atoms with Crippen molar-refractivity contribution in [2.24, 2.45) is 10.7 Å². The number of halogens is 2. The van der Waals surface area contributed by atoms with Gasteiger partial charge in [0.15, 0.2) is 0 Å². The fourth-order valence-electron chi connectivity index (χ4n) is 0.815. The van der Waals surface area contributed by atoms with E-state index in [4.69, 9.17) is 17.3 Å². The van der Waals surface area contributed by atoms with E-state index in [9.17, 15) is 0 Å². The quantitative estimate of drug-likeness (QED) is 0.616. The maximum Gasteiger partial charge on any atom is 0.0957 e. The average Bonchev–Trinajstić information content (AvgIpc) is 2.08. The van der Waals surface area contributed by atoms with Crippen LogP contribution in [-0.4, -0.2) is 5.84 Å². The minimum Gasteiger partial charge on any atom is -0.387 e. The summed E-state index contributed by atoms with van der Waals surface area (Å²) in [4.78, 5) is 3.92. The van der Waals surface area contributed by atoms with Crippen molar-refractivity contribution in [1.82, 2.24) is 0 Å². The summed E-state index contributed by atoms with van der Waals surface area (Å²) in [7, 11) is 0. The van der Waals surface area contributed by atoms with Gasteiger partial charge in [-0.2, -0.15) is 0 Å². The molecule has 0 aliphatic rings. The summed E-state index contributed by atoms with van der Waals surface area (Å²) in [6.45, 7) is 1.74. The van der Waals surface area contributed by atoms with E-state index >= 15 is 0 Å². The van der Waals surface area contributed by atoms with Crippen LogP contribution in [0.25, 0.3) is 6.08 Å². The highest BCUT2D eigenvalue weighted by Crippen LogP contribution is 2.10. The smallest absolute Gasteiger partial charge is 0.0957 e. The Morgan fingerprint density at radius 1 is 1.36 bits per heavy atom. The molecule has 0 radical (unpaired) electrons. The SMILES string of the molecule is CC(N)=N/C=C/c1ccc(Cl)cc1.Cl. The van der Waals surface area contributed by atoms with E-state index in [1.54, 1.807) is 13.1 Å². The molecule has 0 spiro atoms. The Kier molecular flexibility index (Phi) is 6.00. The molecule has 1 aromatic carbocycles. The molecule has 2 nitrogen and oxygen atoms in total. The molecule has 1 rings (SSSR count). The van der Waals surface area contributed by atoms with Gasteiger partial charge in [0.1, 0.15) is 0 Å². The third-order valence-corrected chi connectivity index (χ3v) is 1.67. The van der Waals surface area contributed by atoms with E-state index in [1.165, 1.54) is 0 Å². The molecule has 0 fully saturated rings. The lowest BCUT2D eigenvalue weighted by Gasteiger charge is -1.91. The van der Waals surface area contributed by atoms with Crippen LogP contribution in [0.2, 0.25) is 5.02 Å². The molecule has 0 atom stereocenters. The van der Waals surface area contributed by atoms with E-state index in [2.05, 4.69) is 4.99 Å². The Balaban J connectivity index is 0.00000169. The minimum atomic E-state index is 0. The second-order valence-electron chi connectivity index (χ2n) is 2.64. The lowest BCUT2D eigenvalue weighted by atomic mass is 10.2. The largest absolute Gasteiger partial charge is 0.387 e. The second kappa shape index (κ2) is 6.46. The number of amidine groups is 1. The van der Waals surface area contributed by atoms with Gasteiger partial charge in [-0.1, -0.05) is 23.7 Å². The van der Waals surface area contributed by atoms with Gasteiger partial charge in [-0.05, 0) is 30.7 Å². The number of hydrogen-bond acceptors (Lipinski definition) is 1. The number of rotatable bonds is 2. The zero-order chi connectivity index (χ0) is 9.68. The summed E-state index contributed by atoms with van der Waals surface area (Å²) in [5.74, 6) is 0.546. The van der Waals surface area contributed by atoms with E-state index in [0.717, 1.165) is 10.6 Å². The molecule has 0 saturated heterocycles. The minimum absolute atomic E-state index is 0. The molecule has 0 amide bonds. The molecular weight excluding hydrogens is 219 g/mol. The van der Waals surface area contributed by atoms with Gasteiger partial charge in [-0.15, -0.1) is 12.4 Å². The third kappa shape index (κ3) is 4.90. The van der Waals surface area contributed by atoms with Gasteiger partial charge in [-0.25, -0.2) is 4.99 Å². The molecule has 0 saturated carbocycles. The van der Waals surface area contributed by atoms with Crippen molar-refractivity contribution in [3.05, 3.63) is 41.1 Å². The number of nitrogens with zero attached hydrogens (tertiary/aromatic N) is 1. The molecule has 0 aliphatic carbocycles. The standard InChI is InChI=1S/C10H11ClN2.ClH/c1-8(12)13-7-6-9-2-4-10(11)5-3-9;/h2-7H,1H3,(H2,12,13);1H/b7-6+;. The maximum absolute atomic E-state index is 5.72. The molecule has 0 aliphatic heterocycles. The molecular formula is C10H12Cl2N2. The van der Waals surface area contributed by atoms with Crippen LogP contribution in [0.1, 0.15) is 12.5 Å². The van der Waals surface area contributed by atoms with Gasteiger partial charge in [0.2, 0.25) is 0 Å². The molecule has 14 heavy (non-hydrogen) atoms. The van der Waals surface area contributed by atoms with Crippen molar-refractivity contribution < 1.29 is 0 Å². The molecule has 4 heteroatoms. The van der Waals surface area contributed by atoms with Crippen molar-refractivity contribution in [3.63, 3.8) is 0 Å². The Morgan fingerprint density at radius 3 is 2.43 bits per heavy atom. The summed E-state index contributed by atoms with van der Waals surface area (Å²) < 4.78 is 0. The Morgan fingerprint density at radius 2 is 1.93 bits per heavy atom. The monoisotopic (exact) mass is 230 g/mol. The summed E-state index contributed by atoms with van der Waals surface area (Å²) in [5, 5.41) is 0.732. The molecule has 0 unspecified atom stereocenters. The first-order valence-electron chi connectivity index (χ1n) is 3.90. The topological polar surface area (TPSA) is 38.4 Å². The second-order valence-corrected chi connectivity index (χ2v) is 3.07. The van der Waals surface area contributed by atoms with Crippen LogP contribution in [-0.2, 0) is 0 Å². The predicted molar refractivity (Wildman–Crippen MR) is 65.0 cm³/mol. The first-order chi connectivity index (χ1) is 6.18. The highest BCUT2D eigenvalue weighted by molar-refractivity contribution is 6.30. The average molecular weight is 231 g/mol. The van der Waals surface area contributed by atoms with Crippen LogP contribution in [0, 0.1) is 0 Å². The van der Waals surface area contributed by atoms with Gasteiger partial charge in [0, 0.05) is 11.2 Å². The first-order valence-corrected chi connectivity index (χ1v) is 4.28. The molecule has 1 aromatic rings. The van der Waals surface area contributed by atoms with Crippen LogP contribution in [0.4, 0.5) is 0 Å². The zero-order valence-electron chi connectivity index (χ0n) is 7.77. The number of nitrogens with two attached hydrogens (primary N) is 1.